The average Bonchev–Trinajstić information content (AvgIpc) is 2.91. The summed E-state index contributed by atoms with van der Waals surface area (Å²) in [5.74, 6) is 0.664. The summed E-state index contributed by atoms with van der Waals surface area (Å²) in [6.45, 7) is 14.1. The zero-order valence-corrected chi connectivity index (χ0v) is 14.8. The Kier molecular flexibility index (Phi) is 6.52. The van der Waals surface area contributed by atoms with Crippen molar-refractivity contribution < 1.29 is 4.79 Å². The van der Waals surface area contributed by atoms with Gasteiger partial charge in [0.15, 0.2) is 0 Å². The lowest BCUT2D eigenvalue weighted by atomic mass is 10.1. The fourth-order valence-electron chi connectivity index (χ4n) is 2.66. The Morgan fingerprint density at radius 1 is 1.20 bits per heavy atom. The van der Waals surface area contributed by atoms with Gasteiger partial charge in [-0.05, 0) is 12.5 Å². The van der Waals surface area contributed by atoms with Gasteiger partial charge in [-0.1, -0.05) is 49.1 Å². The van der Waals surface area contributed by atoms with Crippen LogP contribution in [0.15, 0.2) is 67.8 Å². The summed E-state index contributed by atoms with van der Waals surface area (Å²) < 4.78 is 2.16. The van der Waals surface area contributed by atoms with Crippen molar-refractivity contribution in [1.29, 1.82) is 0 Å². The van der Waals surface area contributed by atoms with E-state index in [2.05, 4.69) is 41.8 Å². The molecular weight excluding hydrogens is 310 g/mol. The van der Waals surface area contributed by atoms with Crippen LogP contribution in [0.4, 0.5) is 0 Å². The zero-order valence-electron chi connectivity index (χ0n) is 14.8. The average molecular weight is 335 g/mol. The number of imidazole rings is 1. The molecule has 0 saturated heterocycles. The highest BCUT2D eigenvalue weighted by molar-refractivity contribution is 5.91. The molecule has 0 spiro atoms. The summed E-state index contributed by atoms with van der Waals surface area (Å²) in [7, 11) is 0. The fourth-order valence-corrected chi connectivity index (χ4v) is 2.66. The Bertz CT molecular complexity index is 772. The molecule has 4 nitrogen and oxygen atoms in total. The van der Waals surface area contributed by atoms with Gasteiger partial charge in [-0.25, -0.2) is 4.98 Å². The van der Waals surface area contributed by atoms with E-state index in [0.29, 0.717) is 25.1 Å². The van der Waals surface area contributed by atoms with Crippen LogP contribution in [0.1, 0.15) is 29.7 Å². The number of carbonyl (C=O) groups excluding carboxylic acids is 1. The molecule has 0 saturated carbocycles. The van der Waals surface area contributed by atoms with Crippen molar-refractivity contribution in [2.45, 2.75) is 32.9 Å². The Balaban J connectivity index is 2.38. The molecule has 0 bridgehead atoms. The monoisotopic (exact) mass is 335 g/mol. The number of carbonyl (C=O) groups is 1. The van der Waals surface area contributed by atoms with Crippen LogP contribution in [0.3, 0.4) is 0 Å². The van der Waals surface area contributed by atoms with Gasteiger partial charge in [-0.15, -0.1) is 13.2 Å². The first-order valence-electron chi connectivity index (χ1n) is 8.33. The molecule has 0 atom stereocenters. The number of amides is 1. The molecule has 2 aromatic rings. The Labute approximate surface area is 149 Å². The van der Waals surface area contributed by atoms with Crippen molar-refractivity contribution in [3.8, 4) is 0 Å². The maximum atomic E-state index is 11.8. The van der Waals surface area contributed by atoms with Crippen LogP contribution in [0.2, 0.25) is 0 Å². The highest BCUT2D eigenvalue weighted by Crippen LogP contribution is 2.17. The Morgan fingerprint density at radius 2 is 1.88 bits per heavy atom. The zero-order chi connectivity index (χ0) is 18.2. The van der Waals surface area contributed by atoms with Crippen molar-refractivity contribution in [2.24, 2.45) is 0 Å². The Morgan fingerprint density at radius 3 is 2.48 bits per heavy atom. The van der Waals surface area contributed by atoms with Crippen molar-refractivity contribution in [2.75, 3.05) is 0 Å². The van der Waals surface area contributed by atoms with E-state index in [4.69, 9.17) is 4.98 Å². The van der Waals surface area contributed by atoms with Crippen LogP contribution in [-0.4, -0.2) is 15.5 Å². The van der Waals surface area contributed by atoms with Crippen LogP contribution in [0.5, 0.6) is 0 Å². The summed E-state index contributed by atoms with van der Waals surface area (Å²) in [6.07, 6.45) is 5.13. The minimum Gasteiger partial charge on any atom is -0.345 e. The molecule has 1 heterocycles. The van der Waals surface area contributed by atoms with Gasteiger partial charge in [0, 0.05) is 30.7 Å². The maximum absolute atomic E-state index is 11.8. The molecule has 0 aliphatic rings. The number of hydrogen-bond acceptors (Lipinski definition) is 2. The van der Waals surface area contributed by atoms with E-state index >= 15 is 0 Å². The molecule has 130 valence electrons. The van der Waals surface area contributed by atoms with Gasteiger partial charge in [-0.2, -0.15) is 0 Å². The van der Waals surface area contributed by atoms with E-state index in [0.717, 1.165) is 23.6 Å². The molecule has 1 N–H and O–H groups in total. The predicted octanol–water partition coefficient (Wildman–Crippen LogP) is 3.58. The molecule has 1 aromatic carbocycles. The number of nitrogens with zero attached hydrogens (tertiary/aromatic N) is 2. The lowest BCUT2D eigenvalue weighted by Gasteiger charge is -2.13. The molecule has 25 heavy (non-hydrogen) atoms. The quantitative estimate of drug-likeness (QED) is 0.562. The second kappa shape index (κ2) is 8.83. The largest absolute Gasteiger partial charge is 0.345 e. The van der Waals surface area contributed by atoms with E-state index < -0.39 is 0 Å². The first-order chi connectivity index (χ1) is 12.1. The highest BCUT2D eigenvalue weighted by atomic mass is 16.1. The SMILES string of the molecule is C=CCc1nc(CNC(=O)C(=C)C)n(Cc2ccccc2)c1CC=C. The molecule has 0 aliphatic heterocycles. The smallest absolute Gasteiger partial charge is 0.246 e. The van der Waals surface area contributed by atoms with Crippen LogP contribution in [-0.2, 0) is 30.7 Å². The lowest BCUT2D eigenvalue weighted by molar-refractivity contribution is -0.117. The number of benzene rings is 1. The van der Waals surface area contributed by atoms with Crippen LogP contribution < -0.4 is 5.32 Å². The van der Waals surface area contributed by atoms with Crippen molar-refractivity contribution in [1.82, 2.24) is 14.9 Å². The maximum Gasteiger partial charge on any atom is 0.246 e. The van der Waals surface area contributed by atoms with Crippen LogP contribution >= 0.6 is 0 Å². The van der Waals surface area contributed by atoms with E-state index in [9.17, 15) is 4.79 Å². The standard InChI is InChI=1S/C21H25N3O/c1-5-10-18-19(11-6-2)24(15-17-12-8-7-9-13-17)20(23-18)14-22-21(25)16(3)4/h5-9,12-13H,1-3,10-11,14-15H2,4H3,(H,22,25). The van der Waals surface area contributed by atoms with Crippen molar-refractivity contribution in [3.05, 3.63) is 90.6 Å². The highest BCUT2D eigenvalue weighted by Gasteiger charge is 2.16. The van der Waals surface area contributed by atoms with Crippen LogP contribution in [0.25, 0.3) is 0 Å². The second-order valence-corrected chi connectivity index (χ2v) is 5.94. The minimum atomic E-state index is -0.162. The summed E-state index contributed by atoms with van der Waals surface area (Å²) in [4.78, 5) is 16.6. The molecule has 0 unspecified atom stereocenters. The number of aromatic nitrogens is 2. The summed E-state index contributed by atoms with van der Waals surface area (Å²) in [5, 5.41) is 2.88. The molecule has 2 rings (SSSR count). The molecule has 1 amide bonds. The third kappa shape index (κ3) is 4.80. The van der Waals surface area contributed by atoms with Gasteiger partial charge in [0.1, 0.15) is 5.82 Å². The predicted molar refractivity (Wildman–Crippen MR) is 102 cm³/mol. The van der Waals surface area contributed by atoms with Gasteiger partial charge < -0.3 is 9.88 Å². The third-order valence-corrected chi connectivity index (χ3v) is 3.89. The lowest BCUT2D eigenvalue weighted by Crippen LogP contribution is -2.25. The van der Waals surface area contributed by atoms with E-state index in [1.165, 1.54) is 5.56 Å². The minimum absolute atomic E-state index is 0.162. The van der Waals surface area contributed by atoms with Gasteiger partial charge >= 0.3 is 0 Å². The molecule has 0 fully saturated rings. The Hall–Kier alpha value is -2.88. The number of nitrogens with one attached hydrogen (secondary N) is 1. The van der Waals surface area contributed by atoms with E-state index in [1.54, 1.807) is 6.92 Å². The molecule has 1 aromatic heterocycles. The third-order valence-electron chi connectivity index (χ3n) is 3.89. The van der Waals surface area contributed by atoms with Gasteiger partial charge in [-0.3, -0.25) is 4.79 Å². The van der Waals surface area contributed by atoms with E-state index in [-0.39, 0.29) is 5.91 Å². The number of rotatable bonds is 9. The van der Waals surface area contributed by atoms with Gasteiger partial charge in [0.2, 0.25) is 5.91 Å². The first-order valence-corrected chi connectivity index (χ1v) is 8.33. The van der Waals surface area contributed by atoms with Gasteiger partial charge in [0.05, 0.1) is 12.2 Å². The molecule has 4 heteroatoms. The summed E-state index contributed by atoms with van der Waals surface area (Å²) in [5.41, 5.74) is 3.75. The second-order valence-electron chi connectivity index (χ2n) is 5.94. The molecule has 0 aliphatic carbocycles. The molecular formula is C21H25N3O. The van der Waals surface area contributed by atoms with Crippen molar-refractivity contribution in [3.63, 3.8) is 0 Å². The fraction of sp³-hybridized carbons (Fsp3) is 0.238. The number of hydrogen-bond donors (Lipinski definition) is 1. The first kappa shape index (κ1) is 18.5. The summed E-state index contributed by atoms with van der Waals surface area (Å²) >= 11 is 0. The topological polar surface area (TPSA) is 46.9 Å². The summed E-state index contributed by atoms with van der Waals surface area (Å²) in [6, 6.07) is 10.2. The van der Waals surface area contributed by atoms with E-state index in [1.807, 2.05) is 30.4 Å². The van der Waals surface area contributed by atoms with Gasteiger partial charge in [0.25, 0.3) is 0 Å². The number of allylic oxidation sites excluding steroid dienone is 2. The normalized spacial score (nSPS) is 10.3. The van der Waals surface area contributed by atoms with Crippen LogP contribution in [0, 0.1) is 0 Å². The molecule has 0 radical (unpaired) electrons. The van der Waals surface area contributed by atoms with Crippen molar-refractivity contribution >= 4 is 5.91 Å².